The van der Waals surface area contributed by atoms with Crippen molar-refractivity contribution < 1.29 is 14.2 Å². The molecule has 18 heavy (non-hydrogen) atoms. The third kappa shape index (κ3) is 1.89. The van der Waals surface area contributed by atoms with Crippen molar-refractivity contribution in [1.82, 2.24) is 0 Å². The zero-order valence-electron chi connectivity index (χ0n) is 10.9. The zero-order chi connectivity index (χ0) is 13.3. The molecule has 0 atom stereocenters. The highest BCUT2D eigenvalue weighted by molar-refractivity contribution is 6.33. The minimum Gasteiger partial charge on any atom is -0.495 e. The van der Waals surface area contributed by atoms with E-state index in [0.29, 0.717) is 28.8 Å². The maximum absolute atomic E-state index is 6.41. The Hall–Kier alpha value is -1.13. The second kappa shape index (κ2) is 4.86. The van der Waals surface area contributed by atoms with Crippen LogP contribution in [0.25, 0.3) is 0 Å². The SMILES string of the molecule is COc1cc(OC)c(OC)c(C2(CN)CC2)c1Cl. The summed E-state index contributed by atoms with van der Waals surface area (Å²) >= 11 is 6.41. The molecule has 0 bridgehead atoms. The second-order valence-electron chi connectivity index (χ2n) is 4.49. The van der Waals surface area contributed by atoms with Gasteiger partial charge in [-0.25, -0.2) is 0 Å². The van der Waals surface area contributed by atoms with Crippen molar-refractivity contribution >= 4 is 11.6 Å². The first-order valence-electron chi connectivity index (χ1n) is 5.82. The Morgan fingerprint density at radius 1 is 1.17 bits per heavy atom. The van der Waals surface area contributed by atoms with Gasteiger partial charge < -0.3 is 19.9 Å². The molecule has 0 saturated heterocycles. The monoisotopic (exact) mass is 271 g/mol. The number of ether oxygens (including phenoxy) is 3. The predicted molar refractivity (Wildman–Crippen MR) is 71.1 cm³/mol. The Bertz CT molecular complexity index is 458. The minimum absolute atomic E-state index is 0.0930. The lowest BCUT2D eigenvalue weighted by Gasteiger charge is -2.22. The fourth-order valence-corrected chi connectivity index (χ4v) is 2.70. The summed E-state index contributed by atoms with van der Waals surface area (Å²) < 4.78 is 16.1. The Labute approximate surface area is 112 Å². The summed E-state index contributed by atoms with van der Waals surface area (Å²) in [5.41, 5.74) is 6.70. The number of hydrogen-bond donors (Lipinski definition) is 1. The van der Waals surface area contributed by atoms with E-state index in [2.05, 4.69) is 0 Å². The maximum Gasteiger partial charge on any atom is 0.166 e. The summed E-state index contributed by atoms with van der Waals surface area (Å²) in [6.45, 7) is 0.541. The molecular formula is C13H18ClNO3. The summed E-state index contributed by atoms with van der Waals surface area (Å²) in [4.78, 5) is 0. The van der Waals surface area contributed by atoms with Crippen molar-refractivity contribution in [3.8, 4) is 17.2 Å². The van der Waals surface area contributed by atoms with E-state index in [9.17, 15) is 0 Å². The first-order chi connectivity index (χ1) is 8.63. The average molecular weight is 272 g/mol. The third-order valence-corrected chi connectivity index (χ3v) is 3.94. The van der Waals surface area contributed by atoms with Gasteiger partial charge in [0.05, 0.1) is 26.4 Å². The van der Waals surface area contributed by atoms with Crippen molar-refractivity contribution in [2.24, 2.45) is 5.73 Å². The van der Waals surface area contributed by atoms with E-state index in [0.717, 1.165) is 18.4 Å². The van der Waals surface area contributed by atoms with E-state index in [1.54, 1.807) is 27.4 Å². The molecule has 100 valence electrons. The van der Waals surface area contributed by atoms with Gasteiger partial charge in [-0.1, -0.05) is 11.6 Å². The number of rotatable bonds is 5. The van der Waals surface area contributed by atoms with Gasteiger partial charge in [-0.15, -0.1) is 0 Å². The molecule has 4 nitrogen and oxygen atoms in total. The maximum atomic E-state index is 6.41. The molecule has 1 fully saturated rings. The predicted octanol–water partition coefficient (Wildman–Crippen LogP) is 2.36. The van der Waals surface area contributed by atoms with Crippen LogP contribution in [-0.2, 0) is 5.41 Å². The number of methoxy groups -OCH3 is 3. The third-order valence-electron chi connectivity index (χ3n) is 3.57. The van der Waals surface area contributed by atoms with Gasteiger partial charge in [0.2, 0.25) is 0 Å². The van der Waals surface area contributed by atoms with Crippen LogP contribution in [0.4, 0.5) is 0 Å². The second-order valence-corrected chi connectivity index (χ2v) is 4.87. The Morgan fingerprint density at radius 2 is 1.78 bits per heavy atom. The van der Waals surface area contributed by atoms with Crippen LogP contribution in [0.1, 0.15) is 18.4 Å². The largest absolute Gasteiger partial charge is 0.495 e. The van der Waals surface area contributed by atoms with E-state index < -0.39 is 0 Å². The lowest BCUT2D eigenvalue weighted by atomic mass is 9.94. The topological polar surface area (TPSA) is 53.7 Å². The highest BCUT2D eigenvalue weighted by Crippen LogP contribution is 2.57. The Kier molecular flexibility index (Phi) is 3.59. The van der Waals surface area contributed by atoms with Gasteiger partial charge in [-0.2, -0.15) is 0 Å². The fraction of sp³-hybridized carbons (Fsp3) is 0.538. The molecule has 2 N–H and O–H groups in total. The Morgan fingerprint density at radius 3 is 2.17 bits per heavy atom. The molecule has 1 saturated carbocycles. The molecule has 0 spiro atoms. The van der Waals surface area contributed by atoms with Gasteiger partial charge in [-0.3, -0.25) is 0 Å². The van der Waals surface area contributed by atoms with Crippen molar-refractivity contribution in [2.75, 3.05) is 27.9 Å². The molecule has 0 radical (unpaired) electrons. The summed E-state index contributed by atoms with van der Waals surface area (Å²) in [5, 5.41) is 0.568. The van der Waals surface area contributed by atoms with Crippen LogP contribution in [0.15, 0.2) is 6.07 Å². The zero-order valence-corrected chi connectivity index (χ0v) is 11.6. The van der Waals surface area contributed by atoms with Crippen molar-refractivity contribution in [3.63, 3.8) is 0 Å². The first kappa shape index (κ1) is 13.3. The molecule has 0 amide bonds. The summed E-state index contributed by atoms with van der Waals surface area (Å²) in [5.74, 6) is 1.86. The molecule has 1 aliphatic rings. The molecule has 2 rings (SSSR count). The van der Waals surface area contributed by atoms with Gasteiger partial charge >= 0.3 is 0 Å². The van der Waals surface area contributed by atoms with E-state index >= 15 is 0 Å². The molecule has 0 unspecified atom stereocenters. The van der Waals surface area contributed by atoms with E-state index in [1.165, 1.54) is 0 Å². The molecule has 1 aromatic carbocycles. The molecule has 0 heterocycles. The van der Waals surface area contributed by atoms with Crippen LogP contribution in [0.5, 0.6) is 17.2 Å². The number of benzene rings is 1. The van der Waals surface area contributed by atoms with Crippen LogP contribution in [0, 0.1) is 0 Å². The van der Waals surface area contributed by atoms with Crippen LogP contribution in [-0.4, -0.2) is 27.9 Å². The minimum atomic E-state index is -0.0930. The van der Waals surface area contributed by atoms with Gasteiger partial charge in [-0.05, 0) is 12.8 Å². The number of nitrogens with two attached hydrogens (primary N) is 1. The molecule has 0 aliphatic heterocycles. The van der Waals surface area contributed by atoms with Gasteiger partial charge in [0, 0.05) is 23.6 Å². The van der Waals surface area contributed by atoms with Crippen LogP contribution < -0.4 is 19.9 Å². The normalized spacial score (nSPS) is 16.3. The van der Waals surface area contributed by atoms with Gasteiger partial charge in [0.15, 0.2) is 11.5 Å². The van der Waals surface area contributed by atoms with Crippen LogP contribution in [0.2, 0.25) is 5.02 Å². The van der Waals surface area contributed by atoms with E-state index in [-0.39, 0.29) is 5.41 Å². The molecule has 5 heteroatoms. The lowest BCUT2D eigenvalue weighted by Crippen LogP contribution is -2.21. The number of hydrogen-bond acceptors (Lipinski definition) is 4. The quantitative estimate of drug-likeness (QED) is 0.893. The molecule has 0 aromatic heterocycles. The van der Waals surface area contributed by atoms with Gasteiger partial charge in [0.1, 0.15) is 5.75 Å². The summed E-state index contributed by atoms with van der Waals surface area (Å²) in [6, 6.07) is 1.73. The van der Waals surface area contributed by atoms with Crippen molar-refractivity contribution in [1.29, 1.82) is 0 Å². The summed E-state index contributed by atoms with van der Waals surface area (Å²) in [7, 11) is 4.78. The van der Waals surface area contributed by atoms with Crippen LogP contribution in [0.3, 0.4) is 0 Å². The first-order valence-corrected chi connectivity index (χ1v) is 6.20. The summed E-state index contributed by atoms with van der Waals surface area (Å²) in [6.07, 6.45) is 2.02. The van der Waals surface area contributed by atoms with Crippen LogP contribution >= 0.6 is 11.6 Å². The highest BCUT2D eigenvalue weighted by atomic mass is 35.5. The molecule has 1 aromatic rings. The lowest BCUT2D eigenvalue weighted by molar-refractivity contribution is 0.342. The fourth-order valence-electron chi connectivity index (χ4n) is 2.28. The molecular weight excluding hydrogens is 254 g/mol. The van der Waals surface area contributed by atoms with Gasteiger partial charge in [0.25, 0.3) is 0 Å². The number of halogens is 1. The molecule has 1 aliphatic carbocycles. The average Bonchev–Trinajstić information content (AvgIpc) is 3.18. The van der Waals surface area contributed by atoms with E-state index in [4.69, 9.17) is 31.5 Å². The smallest absolute Gasteiger partial charge is 0.166 e. The van der Waals surface area contributed by atoms with Crippen molar-refractivity contribution in [3.05, 3.63) is 16.7 Å². The van der Waals surface area contributed by atoms with E-state index in [1.807, 2.05) is 0 Å². The van der Waals surface area contributed by atoms with Crippen molar-refractivity contribution in [2.45, 2.75) is 18.3 Å². The standard InChI is InChI=1S/C13H18ClNO3/c1-16-8-6-9(17-2)12(18-3)10(11(8)14)13(7-15)4-5-13/h6H,4-5,7,15H2,1-3H3. The highest BCUT2D eigenvalue weighted by Gasteiger charge is 2.47. The Balaban J connectivity index is 2.67.